The summed E-state index contributed by atoms with van der Waals surface area (Å²) in [7, 11) is 1.68. The first-order valence-corrected chi connectivity index (χ1v) is 5.02. The molecule has 3 N–H and O–H groups in total. The second-order valence-corrected chi connectivity index (χ2v) is 3.71. The molecule has 0 saturated carbocycles. The largest absolute Gasteiger partial charge is 0.394 e. The van der Waals surface area contributed by atoms with Crippen LogP contribution in [0.25, 0.3) is 0 Å². The molecule has 0 saturated heterocycles. The third-order valence-electron chi connectivity index (χ3n) is 2.30. The lowest BCUT2D eigenvalue weighted by atomic mass is 10.1. The van der Waals surface area contributed by atoms with E-state index in [1.807, 2.05) is 0 Å². The third-order valence-corrected chi connectivity index (χ3v) is 2.30. The van der Waals surface area contributed by atoms with Crippen molar-refractivity contribution in [2.24, 2.45) is 7.05 Å². The highest BCUT2D eigenvalue weighted by molar-refractivity contribution is 6.04. The van der Waals surface area contributed by atoms with Crippen molar-refractivity contribution in [1.29, 1.82) is 0 Å². The Morgan fingerprint density at radius 3 is 2.50 bits per heavy atom. The minimum atomic E-state index is -0.966. The molecule has 1 aromatic carbocycles. The fourth-order valence-corrected chi connectivity index (χ4v) is 1.40. The smallest absolute Gasteiger partial charge is 0.255 e. The number of nitrogens with two attached hydrogens (primary N) is 1. The number of carbonyl (C=O) groups excluding carboxylic acids is 1. The van der Waals surface area contributed by atoms with Gasteiger partial charge in [-0.05, 0) is 12.1 Å². The van der Waals surface area contributed by atoms with Crippen LogP contribution < -0.4 is 11.1 Å². The van der Waals surface area contributed by atoms with E-state index >= 15 is 0 Å². The lowest BCUT2D eigenvalue weighted by Crippen LogP contribution is -2.13. The van der Waals surface area contributed by atoms with Crippen LogP contribution in [0.15, 0.2) is 24.5 Å². The average Bonchev–Trinajstić information content (AvgIpc) is 2.71. The number of carbonyl (C=O) groups is 1. The fourth-order valence-electron chi connectivity index (χ4n) is 1.40. The molecule has 18 heavy (non-hydrogen) atoms. The Morgan fingerprint density at radius 2 is 2.00 bits per heavy atom. The topological polar surface area (TPSA) is 72.9 Å². The molecule has 0 aliphatic rings. The van der Waals surface area contributed by atoms with Gasteiger partial charge >= 0.3 is 0 Å². The van der Waals surface area contributed by atoms with E-state index in [9.17, 15) is 13.6 Å². The number of hydrogen-bond acceptors (Lipinski definition) is 3. The van der Waals surface area contributed by atoms with Gasteiger partial charge in [0.05, 0.1) is 11.9 Å². The standard InChI is InChI=1S/C11H10F2N4O/c1-17-5-7(4-15-17)16-11(18)6-2-8(12)10(14)9(13)3-6/h2-5H,14H2,1H3,(H,16,18). The normalized spacial score (nSPS) is 10.4. The Labute approximate surface area is 101 Å². The number of aromatic nitrogens is 2. The quantitative estimate of drug-likeness (QED) is 0.796. The molecule has 0 aliphatic heterocycles. The SMILES string of the molecule is Cn1cc(NC(=O)c2cc(F)c(N)c(F)c2)cn1. The fraction of sp³-hybridized carbons (Fsp3) is 0.0909. The summed E-state index contributed by atoms with van der Waals surface area (Å²) in [5.74, 6) is -2.57. The molecule has 2 aromatic rings. The molecule has 0 radical (unpaired) electrons. The average molecular weight is 252 g/mol. The number of benzene rings is 1. The van der Waals surface area contributed by atoms with Crippen molar-refractivity contribution in [3.63, 3.8) is 0 Å². The number of anilines is 2. The molecule has 1 heterocycles. The van der Waals surface area contributed by atoms with Gasteiger partial charge in [0.25, 0.3) is 5.91 Å². The van der Waals surface area contributed by atoms with Crippen LogP contribution in [0.1, 0.15) is 10.4 Å². The number of rotatable bonds is 2. The summed E-state index contributed by atoms with van der Waals surface area (Å²) in [6, 6.07) is 1.76. The summed E-state index contributed by atoms with van der Waals surface area (Å²) >= 11 is 0. The van der Waals surface area contributed by atoms with E-state index in [0.717, 1.165) is 12.1 Å². The van der Waals surface area contributed by atoms with Crippen molar-refractivity contribution in [3.05, 3.63) is 41.7 Å². The lowest BCUT2D eigenvalue weighted by Gasteiger charge is -2.05. The minimum absolute atomic E-state index is 0.150. The predicted molar refractivity (Wildman–Crippen MR) is 61.9 cm³/mol. The van der Waals surface area contributed by atoms with E-state index in [4.69, 9.17) is 5.73 Å². The van der Waals surface area contributed by atoms with Gasteiger partial charge in [-0.3, -0.25) is 9.48 Å². The zero-order valence-electron chi connectivity index (χ0n) is 9.45. The van der Waals surface area contributed by atoms with Gasteiger partial charge in [-0.2, -0.15) is 5.10 Å². The number of hydrogen-bond donors (Lipinski definition) is 2. The van der Waals surface area contributed by atoms with Crippen molar-refractivity contribution < 1.29 is 13.6 Å². The second kappa shape index (κ2) is 4.44. The molecule has 1 amide bonds. The van der Waals surface area contributed by atoms with E-state index in [1.54, 1.807) is 13.2 Å². The van der Waals surface area contributed by atoms with E-state index in [1.165, 1.54) is 10.9 Å². The maximum absolute atomic E-state index is 13.2. The van der Waals surface area contributed by atoms with Gasteiger partial charge < -0.3 is 11.1 Å². The van der Waals surface area contributed by atoms with Gasteiger partial charge in [0.15, 0.2) is 0 Å². The van der Waals surface area contributed by atoms with Crippen LogP contribution >= 0.6 is 0 Å². The Bertz CT molecular complexity index is 586. The second-order valence-electron chi connectivity index (χ2n) is 3.71. The number of halogens is 2. The van der Waals surface area contributed by atoms with Crippen molar-refractivity contribution >= 4 is 17.3 Å². The Kier molecular flexibility index (Phi) is 2.97. The molecule has 0 spiro atoms. The number of nitrogen functional groups attached to an aromatic ring is 1. The van der Waals surface area contributed by atoms with Crippen LogP contribution in [0.4, 0.5) is 20.2 Å². The summed E-state index contributed by atoms with van der Waals surface area (Å²) in [5.41, 5.74) is 4.79. The first-order chi connectivity index (χ1) is 8.47. The monoisotopic (exact) mass is 252 g/mol. The van der Waals surface area contributed by atoms with E-state index in [0.29, 0.717) is 5.69 Å². The minimum Gasteiger partial charge on any atom is -0.394 e. The predicted octanol–water partition coefficient (Wildman–Crippen LogP) is 1.53. The van der Waals surface area contributed by atoms with Gasteiger partial charge in [-0.1, -0.05) is 0 Å². The molecule has 0 bridgehead atoms. The van der Waals surface area contributed by atoms with Gasteiger partial charge in [0, 0.05) is 18.8 Å². The highest BCUT2D eigenvalue weighted by Gasteiger charge is 2.13. The molecule has 0 fully saturated rings. The maximum atomic E-state index is 13.2. The summed E-state index contributed by atoms with van der Waals surface area (Å²) in [4.78, 5) is 11.7. The number of nitrogens with one attached hydrogen (secondary N) is 1. The summed E-state index contributed by atoms with van der Waals surface area (Å²) < 4.78 is 27.8. The molecule has 0 aliphatic carbocycles. The summed E-state index contributed by atoms with van der Waals surface area (Å²) in [6.07, 6.45) is 2.98. The Hall–Kier alpha value is -2.44. The highest BCUT2D eigenvalue weighted by atomic mass is 19.1. The van der Waals surface area contributed by atoms with Gasteiger partial charge in [-0.25, -0.2) is 8.78 Å². The Balaban J connectivity index is 2.24. The van der Waals surface area contributed by atoms with Gasteiger partial charge in [0.1, 0.15) is 17.3 Å². The van der Waals surface area contributed by atoms with Gasteiger partial charge in [0.2, 0.25) is 0 Å². The van der Waals surface area contributed by atoms with Crippen LogP contribution in [0.2, 0.25) is 0 Å². The van der Waals surface area contributed by atoms with Crippen molar-refractivity contribution in [3.8, 4) is 0 Å². The third kappa shape index (κ3) is 2.29. The van der Waals surface area contributed by atoms with Crippen LogP contribution in [0.3, 0.4) is 0 Å². The summed E-state index contributed by atoms with van der Waals surface area (Å²) in [5, 5.41) is 6.30. The van der Waals surface area contributed by atoms with Crippen LogP contribution in [0, 0.1) is 11.6 Å². The molecular formula is C11H10F2N4O. The molecule has 2 rings (SSSR count). The van der Waals surface area contributed by atoms with E-state index < -0.39 is 23.2 Å². The van der Waals surface area contributed by atoms with Crippen molar-refractivity contribution in [2.45, 2.75) is 0 Å². The van der Waals surface area contributed by atoms with E-state index in [2.05, 4.69) is 10.4 Å². The molecule has 94 valence electrons. The maximum Gasteiger partial charge on any atom is 0.255 e. The van der Waals surface area contributed by atoms with E-state index in [-0.39, 0.29) is 5.56 Å². The van der Waals surface area contributed by atoms with Crippen LogP contribution in [-0.2, 0) is 7.05 Å². The molecule has 5 nitrogen and oxygen atoms in total. The molecule has 0 unspecified atom stereocenters. The lowest BCUT2D eigenvalue weighted by molar-refractivity contribution is 0.102. The molecule has 7 heteroatoms. The number of nitrogens with zero attached hydrogens (tertiary/aromatic N) is 2. The number of amides is 1. The van der Waals surface area contributed by atoms with Crippen molar-refractivity contribution in [1.82, 2.24) is 9.78 Å². The summed E-state index contributed by atoms with van der Waals surface area (Å²) in [6.45, 7) is 0. The first kappa shape index (κ1) is 12.0. The molecule has 1 aromatic heterocycles. The van der Waals surface area contributed by atoms with Crippen LogP contribution in [0.5, 0.6) is 0 Å². The highest BCUT2D eigenvalue weighted by Crippen LogP contribution is 2.18. The zero-order valence-corrected chi connectivity index (χ0v) is 9.45. The van der Waals surface area contributed by atoms with Crippen molar-refractivity contribution in [2.75, 3.05) is 11.1 Å². The van der Waals surface area contributed by atoms with Gasteiger partial charge in [-0.15, -0.1) is 0 Å². The number of aryl methyl sites for hydroxylation is 1. The first-order valence-electron chi connectivity index (χ1n) is 5.02. The van der Waals surface area contributed by atoms with Crippen LogP contribution in [-0.4, -0.2) is 15.7 Å². The zero-order chi connectivity index (χ0) is 13.3. The molecule has 0 atom stereocenters. The Morgan fingerprint density at radius 1 is 1.39 bits per heavy atom. The molecular weight excluding hydrogens is 242 g/mol.